The Morgan fingerprint density at radius 3 is 2.57 bits per heavy atom. The number of carbonyl (C=O) groups is 3. The number of nitrogens with zero attached hydrogens (tertiary/aromatic N) is 4. The molecule has 0 aliphatic carbocycles. The van der Waals surface area contributed by atoms with Crippen LogP contribution < -0.4 is 10.6 Å². The summed E-state index contributed by atoms with van der Waals surface area (Å²) in [5, 5.41) is 21.7. The Kier molecular flexibility index (Phi) is 4.74. The predicted octanol–water partition coefficient (Wildman–Crippen LogP) is -0.204. The number of nitrogens with one attached hydrogen (secondary N) is 2. The number of carbonyl (C=O) groups excluding carboxylic acids is 2. The summed E-state index contributed by atoms with van der Waals surface area (Å²) >= 11 is 0. The molecule has 0 radical (unpaired) electrons. The van der Waals surface area contributed by atoms with Gasteiger partial charge in [-0.05, 0) is 6.92 Å². The fourth-order valence-electron chi connectivity index (χ4n) is 1.86. The molecular formula is C13H16N6O4. The van der Waals surface area contributed by atoms with Crippen molar-refractivity contribution in [3.63, 3.8) is 0 Å². The van der Waals surface area contributed by atoms with Gasteiger partial charge in [0, 0.05) is 26.0 Å². The molecule has 2 amide bonds. The molecule has 0 aliphatic heterocycles. The van der Waals surface area contributed by atoms with Crippen LogP contribution in [0.3, 0.4) is 0 Å². The topological polar surface area (TPSA) is 131 Å². The second-order valence-electron chi connectivity index (χ2n) is 4.61. The number of aromatic carboxylic acids is 1. The Morgan fingerprint density at radius 2 is 2.00 bits per heavy atom. The van der Waals surface area contributed by atoms with E-state index in [0.29, 0.717) is 6.54 Å². The van der Waals surface area contributed by atoms with Crippen LogP contribution in [0.1, 0.15) is 27.8 Å². The minimum absolute atomic E-state index is 0.0114. The number of aryl methyl sites for hydroxylation is 1. The third-order valence-corrected chi connectivity index (χ3v) is 2.99. The van der Waals surface area contributed by atoms with Crippen molar-refractivity contribution >= 4 is 23.5 Å². The smallest absolute Gasteiger partial charge is 0.338 e. The molecule has 2 rings (SSSR count). The fourth-order valence-corrected chi connectivity index (χ4v) is 1.86. The van der Waals surface area contributed by atoms with Crippen molar-refractivity contribution in [2.45, 2.75) is 20.0 Å². The van der Waals surface area contributed by atoms with E-state index in [2.05, 4.69) is 20.8 Å². The van der Waals surface area contributed by atoms with E-state index in [1.165, 1.54) is 22.6 Å². The minimum Gasteiger partial charge on any atom is -0.478 e. The van der Waals surface area contributed by atoms with Gasteiger partial charge in [0.2, 0.25) is 5.91 Å². The number of amides is 2. The van der Waals surface area contributed by atoms with Crippen molar-refractivity contribution in [2.24, 2.45) is 0 Å². The van der Waals surface area contributed by atoms with Crippen LogP contribution in [0.4, 0.5) is 5.69 Å². The molecule has 0 aromatic carbocycles. The van der Waals surface area contributed by atoms with E-state index < -0.39 is 17.8 Å². The van der Waals surface area contributed by atoms with Crippen molar-refractivity contribution in [1.29, 1.82) is 0 Å². The zero-order chi connectivity index (χ0) is 17.0. The summed E-state index contributed by atoms with van der Waals surface area (Å²) in [7, 11) is 1.47. The van der Waals surface area contributed by atoms with Crippen molar-refractivity contribution in [3.8, 4) is 0 Å². The van der Waals surface area contributed by atoms with Crippen LogP contribution in [-0.4, -0.2) is 49.5 Å². The summed E-state index contributed by atoms with van der Waals surface area (Å²) in [5.74, 6) is -1.99. The fraction of sp³-hybridized carbons (Fsp3) is 0.308. The number of hydrogen-bond donors (Lipinski definition) is 3. The van der Waals surface area contributed by atoms with E-state index in [0.717, 1.165) is 6.20 Å². The molecule has 0 fully saturated rings. The molecule has 23 heavy (non-hydrogen) atoms. The average molecular weight is 320 g/mol. The van der Waals surface area contributed by atoms with E-state index in [9.17, 15) is 14.4 Å². The zero-order valence-electron chi connectivity index (χ0n) is 12.6. The third kappa shape index (κ3) is 3.73. The molecule has 2 aromatic heterocycles. The second-order valence-corrected chi connectivity index (χ2v) is 4.61. The summed E-state index contributed by atoms with van der Waals surface area (Å²) in [6.45, 7) is 2.21. The van der Waals surface area contributed by atoms with E-state index in [1.807, 2.05) is 6.92 Å². The quantitative estimate of drug-likeness (QED) is 0.675. The average Bonchev–Trinajstić information content (AvgIpc) is 3.13. The van der Waals surface area contributed by atoms with Gasteiger partial charge in [0.1, 0.15) is 6.54 Å². The predicted molar refractivity (Wildman–Crippen MR) is 79.1 cm³/mol. The first-order valence-electron chi connectivity index (χ1n) is 6.79. The summed E-state index contributed by atoms with van der Waals surface area (Å²) in [6, 6.07) is 0. The highest BCUT2D eigenvalue weighted by molar-refractivity contribution is 6.02. The van der Waals surface area contributed by atoms with Crippen LogP contribution in [0, 0.1) is 0 Å². The summed E-state index contributed by atoms with van der Waals surface area (Å²) in [6.07, 6.45) is 3.95. The first-order valence-corrected chi connectivity index (χ1v) is 6.79. The number of anilines is 1. The normalized spacial score (nSPS) is 10.3. The molecule has 2 aromatic rings. The highest BCUT2D eigenvalue weighted by Crippen LogP contribution is 2.14. The highest BCUT2D eigenvalue weighted by atomic mass is 16.4. The molecule has 0 saturated carbocycles. The van der Waals surface area contributed by atoms with Crippen LogP contribution in [0.25, 0.3) is 0 Å². The van der Waals surface area contributed by atoms with Crippen LogP contribution in [0.5, 0.6) is 0 Å². The number of aromatic nitrogens is 4. The molecule has 122 valence electrons. The van der Waals surface area contributed by atoms with Crippen LogP contribution in [0.15, 0.2) is 18.6 Å². The molecular weight excluding hydrogens is 304 g/mol. The van der Waals surface area contributed by atoms with Gasteiger partial charge >= 0.3 is 5.97 Å². The zero-order valence-corrected chi connectivity index (χ0v) is 12.6. The lowest BCUT2D eigenvalue weighted by atomic mass is 10.3. The Morgan fingerprint density at radius 1 is 1.26 bits per heavy atom. The van der Waals surface area contributed by atoms with Crippen molar-refractivity contribution < 1.29 is 19.5 Å². The maximum atomic E-state index is 12.0. The number of carboxylic acid groups (broad SMARTS) is 1. The first kappa shape index (κ1) is 16.2. The van der Waals surface area contributed by atoms with Gasteiger partial charge in [-0.1, -0.05) is 0 Å². The van der Waals surface area contributed by atoms with Crippen molar-refractivity contribution in [1.82, 2.24) is 24.9 Å². The molecule has 0 bridgehead atoms. The van der Waals surface area contributed by atoms with Crippen molar-refractivity contribution in [2.75, 3.05) is 12.4 Å². The van der Waals surface area contributed by atoms with E-state index in [1.54, 1.807) is 6.20 Å². The first-order chi connectivity index (χ1) is 10.9. The van der Waals surface area contributed by atoms with Gasteiger partial charge in [0.15, 0.2) is 5.69 Å². The molecule has 0 saturated heterocycles. The lowest BCUT2D eigenvalue weighted by Gasteiger charge is -2.04. The SMILES string of the molecule is CCn1cc(NC(=O)Cn2cc(C(=O)O)cn2)c(C(=O)NC)n1. The number of rotatable bonds is 6. The minimum atomic E-state index is -1.12. The highest BCUT2D eigenvalue weighted by Gasteiger charge is 2.18. The Balaban J connectivity index is 2.11. The maximum Gasteiger partial charge on any atom is 0.338 e. The second kappa shape index (κ2) is 6.73. The van der Waals surface area contributed by atoms with Gasteiger partial charge in [-0.15, -0.1) is 0 Å². The van der Waals surface area contributed by atoms with E-state index >= 15 is 0 Å². The maximum absolute atomic E-state index is 12.0. The van der Waals surface area contributed by atoms with Crippen LogP contribution >= 0.6 is 0 Å². The summed E-state index contributed by atoms with van der Waals surface area (Å²) in [5.41, 5.74) is 0.374. The molecule has 10 nitrogen and oxygen atoms in total. The van der Waals surface area contributed by atoms with Crippen LogP contribution in [-0.2, 0) is 17.9 Å². The van der Waals surface area contributed by atoms with E-state index in [-0.39, 0.29) is 23.5 Å². The monoisotopic (exact) mass is 320 g/mol. The van der Waals surface area contributed by atoms with Gasteiger partial charge < -0.3 is 15.7 Å². The Hall–Kier alpha value is -3.17. The molecule has 10 heteroatoms. The Labute approximate surface area is 131 Å². The van der Waals surface area contributed by atoms with Gasteiger partial charge in [-0.25, -0.2) is 4.79 Å². The molecule has 0 unspecified atom stereocenters. The molecule has 0 aliphatic rings. The van der Waals surface area contributed by atoms with Crippen LogP contribution in [0.2, 0.25) is 0 Å². The largest absolute Gasteiger partial charge is 0.478 e. The number of carboxylic acids is 1. The third-order valence-electron chi connectivity index (χ3n) is 2.99. The van der Waals surface area contributed by atoms with E-state index in [4.69, 9.17) is 5.11 Å². The van der Waals surface area contributed by atoms with Gasteiger partial charge in [0.25, 0.3) is 5.91 Å². The lowest BCUT2D eigenvalue weighted by Crippen LogP contribution is -2.23. The Bertz CT molecular complexity index is 747. The molecule has 3 N–H and O–H groups in total. The summed E-state index contributed by atoms with van der Waals surface area (Å²) in [4.78, 5) is 34.6. The summed E-state index contributed by atoms with van der Waals surface area (Å²) < 4.78 is 2.72. The number of hydrogen-bond acceptors (Lipinski definition) is 5. The van der Waals surface area contributed by atoms with Gasteiger partial charge in [-0.3, -0.25) is 19.0 Å². The van der Waals surface area contributed by atoms with Gasteiger partial charge in [0.05, 0.1) is 17.4 Å². The molecule has 0 spiro atoms. The van der Waals surface area contributed by atoms with Gasteiger partial charge in [-0.2, -0.15) is 10.2 Å². The standard InChI is InChI=1S/C13H16N6O4/c1-3-18-6-9(11(17-18)12(21)14-2)16-10(20)7-19-5-8(4-15-19)13(22)23/h4-6H,3,7H2,1-2H3,(H,14,21)(H,16,20)(H,22,23). The lowest BCUT2D eigenvalue weighted by molar-refractivity contribution is -0.116. The molecule has 2 heterocycles. The van der Waals surface area contributed by atoms with Crippen molar-refractivity contribution in [3.05, 3.63) is 29.8 Å². The molecule has 0 atom stereocenters.